The van der Waals surface area contributed by atoms with Gasteiger partial charge in [0.05, 0.1) is 24.6 Å². The number of piperazine rings is 1. The second-order valence-corrected chi connectivity index (χ2v) is 8.67. The first kappa shape index (κ1) is 22.9. The summed E-state index contributed by atoms with van der Waals surface area (Å²) in [5, 5.41) is 12.6. The molecule has 33 heavy (non-hydrogen) atoms. The molecule has 1 amide bonds. The fourth-order valence-electron chi connectivity index (χ4n) is 4.17. The van der Waals surface area contributed by atoms with E-state index in [-0.39, 0.29) is 5.91 Å². The van der Waals surface area contributed by atoms with Crippen LogP contribution in [0.4, 0.5) is 0 Å². The van der Waals surface area contributed by atoms with Gasteiger partial charge in [-0.25, -0.2) is 4.68 Å². The van der Waals surface area contributed by atoms with Gasteiger partial charge < -0.3 is 9.64 Å². The van der Waals surface area contributed by atoms with E-state index in [1.807, 2.05) is 11.8 Å². The van der Waals surface area contributed by atoms with Crippen LogP contribution in [0, 0.1) is 0 Å². The Bertz CT molecular complexity index is 1070. The molecule has 0 bridgehead atoms. The van der Waals surface area contributed by atoms with E-state index in [2.05, 4.69) is 58.3 Å². The van der Waals surface area contributed by atoms with Crippen molar-refractivity contribution in [2.75, 3.05) is 33.3 Å². The summed E-state index contributed by atoms with van der Waals surface area (Å²) >= 11 is 0. The maximum Gasteiger partial charge on any atom is 0.257 e. The van der Waals surface area contributed by atoms with Crippen LogP contribution in [0.25, 0.3) is 5.82 Å². The van der Waals surface area contributed by atoms with Crippen molar-refractivity contribution in [1.29, 1.82) is 0 Å². The molecule has 0 aliphatic carbocycles. The van der Waals surface area contributed by atoms with Crippen LogP contribution in [0.3, 0.4) is 0 Å². The molecule has 0 atom stereocenters. The second kappa shape index (κ2) is 10.1. The lowest BCUT2D eigenvalue weighted by molar-refractivity contribution is 0.0627. The Morgan fingerprint density at radius 2 is 1.76 bits per heavy atom. The molecule has 174 valence electrons. The number of hydrogen-bond acceptors (Lipinski definition) is 6. The van der Waals surface area contributed by atoms with Crippen molar-refractivity contribution in [2.24, 2.45) is 0 Å². The summed E-state index contributed by atoms with van der Waals surface area (Å²) < 4.78 is 6.77. The van der Waals surface area contributed by atoms with Crippen LogP contribution in [-0.2, 0) is 13.0 Å². The van der Waals surface area contributed by atoms with Crippen molar-refractivity contribution in [3.63, 3.8) is 0 Å². The standard InChI is InChI=1S/C25H32N6O2/c1-5-22-21(16-26-31(22)23-10-11-24(33-4)28-27-23)25(32)30-14-12-29(13-15-30)17-19-6-8-20(9-7-19)18(2)3/h6-11,16,18H,5,12-15,17H2,1-4H3. The van der Waals surface area contributed by atoms with E-state index in [4.69, 9.17) is 4.74 Å². The van der Waals surface area contributed by atoms with E-state index in [1.54, 1.807) is 30.1 Å². The molecule has 3 heterocycles. The highest BCUT2D eigenvalue weighted by molar-refractivity contribution is 5.95. The smallest absolute Gasteiger partial charge is 0.257 e. The van der Waals surface area contributed by atoms with Gasteiger partial charge in [-0.05, 0) is 29.5 Å². The minimum Gasteiger partial charge on any atom is -0.480 e. The highest BCUT2D eigenvalue weighted by atomic mass is 16.5. The first-order valence-corrected chi connectivity index (χ1v) is 11.6. The zero-order valence-corrected chi connectivity index (χ0v) is 19.9. The SMILES string of the molecule is CCc1c(C(=O)N2CCN(Cc3ccc(C(C)C)cc3)CC2)cnn1-c1ccc(OC)nn1. The van der Waals surface area contributed by atoms with Crippen LogP contribution in [0.1, 0.15) is 53.9 Å². The summed E-state index contributed by atoms with van der Waals surface area (Å²) in [5.41, 5.74) is 4.15. The van der Waals surface area contributed by atoms with E-state index < -0.39 is 0 Å². The molecule has 1 aliphatic rings. The van der Waals surface area contributed by atoms with Crippen molar-refractivity contribution in [3.8, 4) is 11.7 Å². The number of rotatable bonds is 7. The fourth-order valence-corrected chi connectivity index (χ4v) is 4.17. The first-order valence-electron chi connectivity index (χ1n) is 11.6. The van der Waals surface area contributed by atoms with Crippen molar-refractivity contribution in [2.45, 2.75) is 39.7 Å². The van der Waals surface area contributed by atoms with Gasteiger partial charge in [-0.15, -0.1) is 10.2 Å². The molecular weight excluding hydrogens is 416 g/mol. The summed E-state index contributed by atoms with van der Waals surface area (Å²) in [7, 11) is 1.55. The molecule has 4 rings (SSSR count). The molecule has 3 aromatic rings. The molecular formula is C25H32N6O2. The van der Waals surface area contributed by atoms with E-state index >= 15 is 0 Å². The fraction of sp³-hybridized carbons (Fsp3) is 0.440. The molecule has 1 saturated heterocycles. The summed E-state index contributed by atoms with van der Waals surface area (Å²) in [6, 6.07) is 12.4. The Balaban J connectivity index is 1.39. The van der Waals surface area contributed by atoms with Gasteiger partial charge >= 0.3 is 0 Å². The lowest BCUT2D eigenvalue weighted by atomic mass is 10.0. The van der Waals surface area contributed by atoms with E-state index in [9.17, 15) is 4.79 Å². The lowest BCUT2D eigenvalue weighted by Gasteiger charge is -2.34. The molecule has 1 aromatic carbocycles. The van der Waals surface area contributed by atoms with E-state index in [1.165, 1.54) is 11.1 Å². The monoisotopic (exact) mass is 448 g/mol. The van der Waals surface area contributed by atoms with Crippen LogP contribution in [0.15, 0.2) is 42.6 Å². The Morgan fingerprint density at radius 1 is 1.03 bits per heavy atom. The van der Waals surface area contributed by atoms with Gasteiger partial charge in [-0.1, -0.05) is 45.0 Å². The Kier molecular flexibility index (Phi) is 7.03. The molecule has 0 spiro atoms. The number of carbonyl (C=O) groups excluding carboxylic acids is 1. The van der Waals surface area contributed by atoms with Gasteiger partial charge in [0.1, 0.15) is 0 Å². The highest BCUT2D eigenvalue weighted by Crippen LogP contribution is 2.19. The Hall–Kier alpha value is -3.26. The molecule has 1 fully saturated rings. The average Bonchev–Trinajstić information content (AvgIpc) is 3.28. The molecule has 8 nitrogen and oxygen atoms in total. The Labute approximate surface area is 195 Å². The predicted octanol–water partition coefficient (Wildman–Crippen LogP) is 3.31. The maximum absolute atomic E-state index is 13.3. The number of carbonyl (C=O) groups is 1. The van der Waals surface area contributed by atoms with Gasteiger partial charge in [-0.3, -0.25) is 9.69 Å². The van der Waals surface area contributed by atoms with Crippen molar-refractivity contribution < 1.29 is 9.53 Å². The van der Waals surface area contributed by atoms with Gasteiger partial charge in [-0.2, -0.15) is 5.10 Å². The van der Waals surface area contributed by atoms with Crippen molar-refractivity contribution in [1.82, 2.24) is 29.8 Å². The molecule has 0 N–H and O–H groups in total. The summed E-state index contributed by atoms with van der Waals surface area (Å²) in [4.78, 5) is 17.6. The number of ether oxygens (including phenoxy) is 1. The maximum atomic E-state index is 13.3. The first-order chi connectivity index (χ1) is 16.0. The highest BCUT2D eigenvalue weighted by Gasteiger charge is 2.26. The van der Waals surface area contributed by atoms with Crippen molar-refractivity contribution >= 4 is 5.91 Å². The number of nitrogens with zero attached hydrogens (tertiary/aromatic N) is 6. The average molecular weight is 449 g/mol. The normalized spacial score (nSPS) is 14.6. The largest absolute Gasteiger partial charge is 0.480 e. The molecule has 0 radical (unpaired) electrons. The number of aromatic nitrogens is 4. The number of amides is 1. The van der Waals surface area contributed by atoms with Crippen LogP contribution >= 0.6 is 0 Å². The van der Waals surface area contributed by atoms with Gasteiger partial charge in [0.25, 0.3) is 5.91 Å². The molecule has 2 aromatic heterocycles. The van der Waals surface area contributed by atoms with Crippen LogP contribution in [-0.4, -0.2) is 69.0 Å². The van der Waals surface area contributed by atoms with Crippen LogP contribution in [0.5, 0.6) is 5.88 Å². The van der Waals surface area contributed by atoms with Gasteiger partial charge in [0.15, 0.2) is 5.82 Å². The van der Waals surface area contributed by atoms with Crippen LogP contribution in [0.2, 0.25) is 0 Å². The summed E-state index contributed by atoms with van der Waals surface area (Å²) in [6.45, 7) is 10.5. The number of hydrogen-bond donors (Lipinski definition) is 0. The molecule has 0 saturated carbocycles. The zero-order chi connectivity index (χ0) is 23.4. The second-order valence-electron chi connectivity index (χ2n) is 8.67. The topological polar surface area (TPSA) is 76.4 Å². The molecule has 8 heteroatoms. The minimum atomic E-state index is 0.0282. The third-order valence-electron chi connectivity index (χ3n) is 6.20. The lowest BCUT2D eigenvalue weighted by Crippen LogP contribution is -2.48. The molecule has 1 aliphatic heterocycles. The minimum absolute atomic E-state index is 0.0282. The van der Waals surface area contributed by atoms with Gasteiger partial charge in [0.2, 0.25) is 5.88 Å². The number of benzene rings is 1. The third kappa shape index (κ3) is 5.06. The summed E-state index contributed by atoms with van der Waals surface area (Å²) in [5.74, 6) is 1.58. The predicted molar refractivity (Wildman–Crippen MR) is 127 cm³/mol. The zero-order valence-electron chi connectivity index (χ0n) is 19.9. The molecule has 0 unspecified atom stereocenters. The van der Waals surface area contributed by atoms with Crippen LogP contribution < -0.4 is 4.74 Å². The Morgan fingerprint density at radius 3 is 2.33 bits per heavy atom. The van der Waals surface area contributed by atoms with E-state index in [0.29, 0.717) is 42.7 Å². The summed E-state index contributed by atoms with van der Waals surface area (Å²) in [6.07, 6.45) is 2.32. The quantitative estimate of drug-likeness (QED) is 0.552. The van der Waals surface area contributed by atoms with Crippen molar-refractivity contribution in [3.05, 3.63) is 65.0 Å². The third-order valence-corrected chi connectivity index (χ3v) is 6.20. The van der Waals surface area contributed by atoms with Gasteiger partial charge in [0, 0.05) is 38.8 Å². The number of methoxy groups -OCH3 is 1. The van der Waals surface area contributed by atoms with E-state index in [0.717, 1.165) is 25.3 Å².